The molecule has 0 N–H and O–H groups in total. The van der Waals surface area contributed by atoms with Gasteiger partial charge in [-0.2, -0.15) is 0 Å². The second-order valence-electron chi connectivity index (χ2n) is 4.03. The molecular weight excluding hydrogens is 282 g/mol. The number of imidazole rings is 1. The topological polar surface area (TPSA) is 39.9 Å². The fourth-order valence-electron chi connectivity index (χ4n) is 2.02. The van der Waals surface area contributed by atoms with Crippen LogP contribution in [0.1, 0.15) is 10.8 Å². The van der Waals surface area contributed by atoms with Gasteiger partial charge >= 0.3 is 0 Å². The summed E-state index contributed by atoms with van der Waals surface area (Å²) in [7, 11) is 1.66. The molecule has 0 saturated carbocycles. The van der Waals surface area contributed by atoms with E-state index in [-0.39, 0.29) is 0 Å². The summed E-state index contributed by atoms with van der Waals surface area (Å²) in [4.78, 5) is 8.85. The summed E-state index contributed by atoms with van der Waals surface area (Å²) < 4.78 is 7.36. The lowest BCUT2D eigenvalue weighted by Crippen LogP contribution is -2.03. The summed E-state index contributed by atoms with van der Waals surface area (Å²) in [5.41, 5.74) is 1.94. The van der Waals surface area contributed by atoms with Crippen molar-refractivity contribution >= 4 is 34.0 Å². The van der Waals surface area contributed by atoms with Gasteiger partial charge in [-0.3, -0.25) is 0 Å². The number of rotatable bonds is 4. The Morgan fingerprint density at radius 1 is 1.42 bits per heavy atom. The number of halogens is 1. The quantitative estimate of drug-likeness (QED) is 0.693. The molecule has 0 unspecified atom stereocenters. The van der Waals surface area contributed by atoms with Crippen LogP contribution in [0.15, 0.2) is 29.8 Å². The van der Waals surface area contributed by atoms with E-state index in [2.05, 4.69) is 14.5 Å². The molecule has 0 bridgehead atoms. The van der Waals surface area contributed by atoms with Gasteiger partial charge in [0.2, 0.25) is 0 Å². The van der Waals surface area contributed by atoms with Crippen LogP contribution in [0, 0.1) is 0 Å². The molecule has 1 aromatic carbocycles. The van der Waals surface area contributed by atoms with Crippen LogP contribution in [0.5, 0.6) is 5.75 Å². The van der Waals surface area contributed by atoms with Crippen molar-refractivity contribution in [3.8, 4) is 5.75 Å². The van der Waals surface area contributed by atoms with E-state index >= 15 is 0 Å². The zero-order valence-corrected chi connectivity index (χ0v) is 11.9. The number of fused-ring (bicyclic) bond motifs is 1. The van der Waals surface area contributed by atoms with E-state index in [1.807, 2.05) is 23.6 Å². The highest BCUT2D eigenvalue weighted by atomic mass is 35.5. The molecule has 0 amide bonds. The van der Waals surface area contributed by atoms with E-state index in [0.717, 1.165) is 27.6 Å². The molecule has 0 spiro atoms. The Bertz CT molecular complexity index is 693. The van der Waals surface area contributed by atoms with Crippen LogP contribution in [0.2, 0.25) is 0 Å². The summed E-state index contributed by atoms with van der Waals surface area (Å²) in [5, 5.41) is 3.00. The number of hydrogen-bond donors (Lipinski definition) is 0. The molecule has 3 aromatic rings. The number of aromatic nitrogens is 3. The maximum atomic E-state index is 5.99. The number of alkyl halides is 1. The van der Waals surface area contributed by atoms with Crippen molar-refractivity contribution in [1.82, 2.24) is 14.5 Å². The standard InChI is InChI=1S/C13H12ClN3OS/c1-18-9-2-3-10-11(6-9)17(12(7-14)16-10)8-13-15-4-5-19-13/h2-6H,7-8H2,1H3. The van der Waals surface area contributed by atoms with Gasteiger partial charge in [0, 0.05) is 17.6 Å². The van der Waals surface area contributed by atoms with Crippen LogP contribution in [0.3, 0.4) is 0 Å². The molecule has 0 aliphatic heterocycles. The van der Waals surface area contributed by atoms with Gasteiger partial charge in [0.1, 0.15) is 16.6 Å². The minimum atomic E-state index is 0.377. The number of thiazole rings is 1. The maximum Gasteiger partial charge on any atom is 0.125 e. The van der Waals surface area contributed by atoms with Crippen LogP contribution < -0.4 is 4.74 Å². The van der Waals surface area contributed by atoms with E-state index in [9.17, 15) is 0 Å². The summed E-state index contributed by atoms with van der Waals surface area (Å²) in [6.45, 7) is 0.684. The van der Waals surface area contributed by atoms with Crippen LogP contribution in [-0.4, -0.2) is 21.6 Å². The lowest BCUT2D eigenvalue weighted by atomic mass is 10.3. The van der Waals surface area contributed by atoms with Crippen molar-refractivity contribution in [3.63, 3.8) is 0 Å². The lowest BCUT2D eigenvalue weighted by Gasteiger charge is -2.06. The molecule has 0 saturated heterocycles. The molecule has 0 aliphatic carbocycles. The molecule has 0 fully saturated rings. The average molecular weight is 294 g/mol. The Hall–Kier alpha value is -1.59. The van der Waals surface area contributed by atoms with Crippen molar-refractivity contribution in [2.45, 2.75) is 12.4 Å². The van der Waals surface area contributed by atoms with E-state index in [0.29, 0.717) is 12.4 Å². The SMILES string of the molecule is COc1ccc2nc(CCl)n(Cc3nccs3)c2c1. The first-order chi connectivity index (χ1) is 9.31. The van der Waals surface area contributed by atoms with Crippen molar-refractivity contribution in [2.75, 3.05) is 7.11 Å². The fraction of sp³-hybridized carbons (Fsp3) is 0.231. The molecule has 0 radical (unpaired) electrons. The highest BCUT2D eigenvalue weighted by Crippen LogP contribution is 2.24. The molecule has 2 aromatic heterocycles. The zero-order chi connectivity index (χ0) is 13.2. The van der Waals surface area contributed by atoms with Gasteiger partial charge < -0.3 is 9.30 Å². The zero-order valence-electron chi connectivity index (χ0n) is 10.3. The molecule has 4 nitrogen and oxygen atoms in total. The highest BCUT2D eigenvalue weighted by Gasteiger charge is 2.12. The predicted octanol–water partition coefficient (Wildman–Crippen LogP) is 3.29. The Labute approximate surface area is 119 Å². The highest BCUT2D eigenvalue weighted by molar-refractivity contribution is 7.09. The second kappa shape index (κ2) is 5.19. The third-order valence-electron chi connectivity index (χ3n) is 2.93. The monoisotopic (exact) mass is 293 g/mol. The van der Waals surface area contributed by atoms with Crippen molar-refractivity contribution in [1.29, 1.82) is 0 Å². The maximum absolute atomic E-state index is 5.99. The molecule has 2 heterocycles. The van der Waals surface area contributed by atoms with Crippen LogP contribution >= 0.6 is 22.9 Å². The molecule has 98 valence electrons. The first kappa shape index (κ1) is 12.4. The van der Waals surface area contributed by atoms with Crippen LogP contribution in [-0.2, 0) is 12.4 Å². The normalized spacial score (nSPS) is 11.1. The van der Waals surface area contributed by atoms with Crippen molar-refractivity contribution in [3.05, 3.63) is 40.6 Å². The van der Waals surface area contributed by atoms with Gasteiger partial charge in [-0.1, -0.05) is 0 Å². The second-order valence-corrected chi connectivity index (χ2v) is 5.27. The smallest absolute Gasteiger partial charge is 0.125 e. The molecule has 6 heteroatoms. The molecule has 19 heavy (non-hydrogen) atoms. The Morgan fingerprint density at radius 3 is 3.00 bits per heavy atom. The van der Waals surface area contributed by atoms with E-state index in [1.165, 1.54) is 0 Å². The first-order valence-corrected chi connectivity index (χ1v) is 7.20. The minimum Gasteiger partial charge on any atom is -0.497 e. The van der Waals surface area contributed by atoms with Gasteiger partial charge in [-0.15, -0.1) is 22.9 Å². The van der Waals surface area contributed by atoms with Gasteiger partial charge in [0.05, 0.1) is 30.6 Å². The van der Waals surface area contributed by atoms with E-state index < -0.39 is 0 Å². The molecule has 3 rings (SSSR count). The van der Waals surface area contributed by atoms with Gasteiger partial charge in [-0.25, -0.2) is 9.97 Å². The number of benzene rings is 1. The third-order valence-corrected chi connectivity index (χ3v) is 3.93. The number of hydrogen-bond acceptors (Lipinski definition) is 4. The summed E-state index contributed by atoms with van der Waals surface area (Å²) in [6, 6.07) is 5.83. The number of ether oxygens (including phenoxy) is 1. The summed E-state index contributed by atoms with van der Waals surface area (Å²) >= 11 is 7.61. The Balaban J connectivity index is 2.13. The van der Waals surface area contributed by atoms with E-state index in [4.69, 9.17) is 16.3 Å². The minimum absolute atomic E-state index is 0.377. The van der Waals surface area contributed by atoms with Crippen molar-refractivity contribution in [2.24, 2.45) is 0 Å². The van der Waals surface area contributed by atoms with E-state index in [1.54, 1.807) is 24.6 Å². The fourth-order valence-corrected chi connectivity index (χ4v) is 2.83. The number of nitrogens with zero attached hydrogens (tertiary/aromatic N) is 3. The average Bonchev–Trinajstić information content (AvgIpc) is 3.07. The van der Waals surface area contributed by atoms with Crippen LogP contribution in [0.4, 0.5) is 0 Å². The predicted molar refractivity (Wildman–Crippen MR) is 77.1 cm³/mol. The molecule has 0 atom stereocenters. The number of methoxy groups -OCH3 is 1. The lowest BCUT2D eigenvalue weighted by molar-refractivity contribution is 0.415. The van der Waals surface area contributed by atoms with Gasteiger partial charge in [0.15, 0.2) is 0 Å². The molecule has 0 aliphatic rings. The Kier molecular flexibility index (Phi) is 3.40. The molecular formula is C13H12ClN3OS. The van der Waals surface area contributed by atoms with Crippen molar-refractivity contribution < 1.29 is 4.74 Å². The summed E-state index contributed by atoms with van der Waals surface area (Å²) in [6.07, 6.45) is 1.81. The van der Waals surface area contributed by atoms with Gasteiger partial charge in [-0.05, 0) is 12.1 Å². The van der Waals surface area contributed by atoms with Crippen LogP contribution in [0.25, 0.3) is 11.0 Å². The first-order valence-electron chi connectivity index (χ1n) is 5.79. The van der Waals surface area contributed by atoms with Gasteiger partial charge in [0.25, 0.3) is 0 Å². The third kappa shape index (κ3) is 2.31. The summed E-state index contributed by atoms with van der Waals surface area (Å²) in [5.74, 6) is 2.04. The largest absolute Gasteiger partial charge is 0.497 e. The Morgan fingerprint density at radius 2 is 2.32 bits per heavy atom.